The molecule has 1 aromatic carbocycles. The van der Waals surface area contributed by atoms with Gasteiger partial charge in [-0.3, -0.25) is 4.79 Å². The Morgan fingerprint density at radius 2 is 2.04 bits per heavy atom. The maximum absolute atomic E-state index is 12.8. The summed E-state index contributed by atoms with van der Waals surface area (Å²) >= 11 is 0. The lowest BCUT2D eigenvalue weighted by atomic mass is 10.1. The van der Waals surface area contributed by atoms with Gasteiger partial charge in [0.15, 0.2) is 0 Å². The van der Waals surface area contributed by atoms with Crippen molar-refractivity contribution in [2.45, 2.75) is 39.5 Å². The summed E-state index contributed by atoms with van der Waals surface area (Å²) in [6, 6.07) is 5.23. The van der Waals surface area contributed by atoms with E-state index in [-0.39, 0.29) is 12.5 Å². The lowest BCUT2D eigenvalue weighted by Crippen LogP contribution is -2.30. The van der Waals surface area contributed by atoms with Gasteiger partial charge in [-0.15, -0.1) is 0 Å². The van der Waals surface area contributed by atoms with E-state index in [2.05, 4.69) is 4.98 Å². The third-order valence-electron chi connectivity index (χ3n) is 3.78. The van der Waals surface area contributed by atoms with Gasteiger partial charge in [-0.05, 0) is 24.6 Å². The van der Waals surface area contributed by atoms with Crippen molar-refractivity contribution in [3.8, 4) is 0 Å². The standard InChI is InChI=1S/C17H20F3N3O/c1-3-16(24)22(4-2)12-15-21-8-9-23(15)11-13-6-5-7-14(10-13)17(18,19)20/h5-10H,3-4,11-12H2,1-2H3. The minimum atomic E-state index is -4.36. The molecule has 1 heterocycles. The first kappa shape index (κ1) is 18.0. The molecule has 0 fully saturated rings. The van der Waals surface area contributed by atoms with Crippen LogP contribution < -0.4 is 0 Å². The zero-order chi connectivity index (χ0) is 17.7. The predicted octanol–water partition coefficient (Wildman–Crippen LogP) is 3.71. The highest BCUT2D eigenvalue weighted by Crippen LogP contribution is 2.29. The van der Waals surface area contributed by atoms with Crippen molar-refractivity contribution in [1.29, 1.82) is 0 Å². The van der Waals surface area contributed by atoms with E-state index in [1.165, 1.54) is 6.07 Å². The molecule has 0 atom stereocenters. The molecule has 0 aliphatic rings. The second-order valence-electron chi connectivity index (χ2n) is 5.43. The number of carbonyl (C=O) groups excluding carboxylic acids is 1. The van der Waals surface area contributed by atoms with Gasteiger partial charge in [0.05, 0.1) is 12.1 Å². The van der Waals surface area contributed by atoms with Gasteiger partial charge < -0.3 is 9.47 Å². The van der Waals surface area contributed by atoms with Crippen molar-refractivity contribution >= 4 is 5.91 Å². The number of halogens is 3. The number of benzene rings is 1. The molecular weight excluding hydrogens is 319 g/mol. The molecule has 24 heavy (non-hydrogen) atoms. The van der Waals surface area contributed by atoms with E-state index in [1.54, 1.807) is 34.9 Å². The topological polar surface area (TPSA) is 38.1 Å². The summed E-state index contributed by atoms with van der Waals surface area (Å²) < 4.78 is 40.2. The van der Waals surface area contributed by atoms with E-state index >= 15 is 0 Å². The largest absolute Gasteiger partial charge is 0.416 e. The molecule has 0 saturated carbocycles. The van der Waals surface area contributed by atoms with E-state index in [1.807, 2.05) is 6.92 Å². The van der Waals surface area contributed by atoms with E-state index in [0.29, 0.717) is 30.9 Å². The fourth-order valence-corrected chi connectivity index (χ4v) is 2.45. The number of nitrogens with zero attached hydrogens (tertiary/aromatic N) is 3. The number of amides is 1. The Balaban J connectivity index is 2.18. The Morgan fingerprint density at radius 3 is 2.67 bits per heavy atom. The van der Waals surface area contributed by atoms with Crippen molar-refractivity contribution in [1.82, 2.24) is 14.5 Å². The van der Waals surface area contributed by atoms with Crippen LogP contribution in [0.3, 0.4) is 0 Å². The Morgan fingerprint density at radius 1 is 1.29 bits per heavy atom. The number of carbonyl (C=O) groups is 1. The summed E-state index contributed by atoms with van der Waals surface area (Å²) in [6.45, 7) is 4.85. The molecule has 0 aliphatic heterocycles. The van der Waals surface area contributed by atoms with Crippen LogP contribution in [-0.4, -0.2) is 26.9 Å². The van der Waals surface area contributed by atoms with Gasteiger partial charge in [0.25, 0.3) is 0 Å². The first-order chi connectivity index (χ1) is 11.3. The van der Waals surface area contributed by atoms with Crippen molar-refractivity contribution in [3.05, 3.63) is 53.6 Å². The van der Waals surface area contributed by atoms with E-state index in [0.717, 1.165) is 12.1 Å². The van der Waals surface area contributed by atoms with Crippen molar-refractivity contribution in [2.75, 3.05) is 6.54 Å². The molecule has 0 N–H and O–H groups in total. The van der Waals surface area contributed by atoms with E-state index in [4.69, 9.17) is 0 Å². The fraction of sp³-hybridized carbons (Fsp3) is 0.412. The average molecular weight is 339 g/mol. The van der Waals surface area contributed by atoms with Crippen LogP contribution in [0.15, 0.2) is 36.7 Å². The molecule has 2 aromatic rings. The fourth-order valence-electron chi connectivity index (χ4n) is 2.45. The molecule has 0 saturated heterocycles. The maximum atomic E-state index is 12.8. The van der Waals surface area contributed by atoms with Gasteiger partial charge >= 0.3 is 6.18 Å². The number of rotatable bonds is 6. The monoisotopic (exact) mass is 339 g/mol. The molecule has 0 radical (unpaired) electrons. The molecule has 1 aromatic heterocycles. The van der Waals surface area contributed by atoms with Crippen LogP contribution in [0.2, 0.25) is 0 Å². The third-order valence-corrected chi connectivity index (χ3v) is 3.78. The van der Waals surface area contributed by atoms with Crippen LogP contribution in [0.5, 0.6) is 0 Å². The van der Waals surface area contributed by atoms with E-state index < -0.39 is 11.7 Å². The quantitative estimate of drug-likeness (QED) is 0.805. The smallest absolute Gasteiger partial charge is 0.336 e. The summed E-state index contributed by atoms with van der Waals surface area (Å²) in [5.74, 6) is 0.669. The van der Waals surface area contributed by atoms with Crippen LogP contribution in [0.4, 0.5) is 13.2 Å². The van der Waals surface area contributed by atoms with Gasteiger partial charge in [-0.2, -0.15) is 13.2 Å². The Hall–Kier alpha value is -2.31. The zero-order valence-corrected chi connectivity index (χ0v) is 13.7. The SMILES string of the molecule is CCC(=O)N(CC)Cc1nccn1Cc1cccc(C(F)(F)F)c1. The summed E-state index contributed by atoms with van der Waals surface area (Å²) in [7, 11) is 0. The number of aromatic nitrogens is 2. The Kier molecular flexibility index (Phi) is 5.64. The van der Waals surface area contributed by atoms with Crippen molar-refractivity contribution in [3.63, 3.8) is 0 Å². The summed E-state index contributed by atoms with van der Waals surface area (Å²) in [5.41, 5.74) is -0.132. The van der Waals surface area contributed by atoms with Crippen LogP contribution in [0, 0.1) is 0 Å². The summed E-state index contributed by atoms with van der Waals surface area (Å²) in [5, 5.41) is 0. The van der Waals surface area contributed by atoms with Crippen LogP contribution in [0.25, 0.3) is 0 Å². The minimum absolute atomic E-state index is 0.0196. The molecule has 7 heteroatoms. The van der Waals surface area contributed by atoms with Crippen LogP contribution in [0.1, 0.15) is 37.2 Å². The molecule has 4 nitrogen and oxygen atoms in total. The van der Waals surface area contributed by atoms with Crippen LogP contribution >= 0.6 is 0 Å². The van der Waals surface area contributed by atoms with Gasteiger partial charge in [0.1, 0.15) is 5.82 Å². The number of alkyl halides is 3. The molecule has 0 aliphatic carbocycles. The number of imidazole rings is 1. The highest BCUT2D eigenvalue weighted by molar-refractivity contribution is 5.75. The summed E-state index contributed by atoms with van der Waals surface area (Å²) in [6.07, 6.45) is -0.657. The molecule has 2 rings (SSSR count). The Labute approximate surface area is 138 Å². The molecule has 130 valence electrons. The normalized spacial score (nSPS) is 11.5. The highest BCUT2D eigenvalue weighted by Gasteiger charge is 2.30. The zero-order valence-electron chi connectivity index (χ0n) is 13.7. The lowest BCUT2D eigenvalue weighted by molar-refractivity contribution is -0.137. The maximum Gasteiger partial charge on any atom is 0.416 e. The average Bonchev–Trinajstić information content (AvgIpc) is 2.98. The van der Waals surface area contributed by atoms with Crippen LogP contribution in [-0.2, 0) is 24.1 Å². The number of hydrogen-bond donors (Lipinski definition) is 0. The van der Waals surface area contributed by atoms with Gasteiger partial charge in [-0.25, -0.2) is 4.98 Å². The second-order valence-corrected chi connectivity index (χ2v) is 5.43. The lowest BCUT2D eigenvalue weighted by Gasteiger charge is -2.20. The molecule has 0 bridgehead atoms. The van der Waals surface area contributed by atoms with Gasteiger partial charge in [0.2, 0.25) is 5.91 Å². The van der Waals surface area contributed by atoms with E-state index in [9.17, 15) is 18.0 Å². The van der Waals surface area contributed by atoms with Gasteiger partial charge in [-0.1, -0.05) is 19.1 Å². The van der Waals surface area contributed by atoms with Gasteiger partial charge in [0, 0.05) is 31.9 Å². The third kappa shape index (κ3) is 4.37. The molecule has 0 unspecified atom stereocenters. The second kappa shape index (κ2) is 7.51. The Bertz CT molecular complexity index is 694. The first-order valence-electron chi connectivity index (χ1n) is 7.79. The molecule has 0 spiro atoms. The summed E-state index contributed by atoms with van der Waals surface area (Å²) in [4.78, 5) is 17.8. The predicted molar refractivity (Wildman–Crippen MR) is 84.2 cm³/mol. The van der Waals surface area contributed by atoms with Crippen molar-refractivity contribution < 1.29 is 18.0 Å². The molecular formula is C17H20F3N3O. The van der Waals surface area contributed by atoms with Crippen molar-refractivity contribution in [2.24, 2.45) is 0 Å². The minimum Gasteiger partial charge on any atom is -0.336 e. The first-order valence-corrected chi connectivity index (χ1v) is 7.79. The highest BCUT2D eigenvalue weighted by atomic mass is 19.4. The molecule has 1 amide bonds. The number of hydrogen-bond acceptors (Lipinski definition) is 2.